The standard InChI is InChI=1S/C19H17FO2/c1-11(2)16-10-22-18-7-5-14(15(9-21)19(16)18)13-4-6-17(20)12(3)8-13/h4-11H,1-3H3. The van der Waals surface area contributed by atoms with Crippen LogP contribution in [0.4, 0.5) is 4.39 Å². The maximum absolute atomic E-state index is 13.5. The van der Waals surface area contributed by atoms with Crippen LogP contribution in [0.5, 0.6) is 0 Å². The van der Waals surface area contributed by atoms with E-state index in [1.54, 1.807) is 25.3 Å². The Hall–Kier alpha value is -2.42. The molecule has 2 nitrogen and oxygen atoms in total. The largest absolute Gasteiger partial charge is 0.464 e. The molecule has 112 valence electrons. The topological polar surface area (TPSA) is 30.2 Å². The smallest absolute Gasteiger partial charge is 0.151 e. The van der Waals surface area contributed by atoms with Crippen LogP contribution in [0.25, 0.3) is 22.1 Å². The first-order valence-electron chi connectivity index (χ1n) is 7.28. The Kier molecular flexibility index (Phi) is 3.57. The number of furan rings is 1. The lowest BCUT2D eigenvalue weighted by molar-refractivity contribution is 0.112. The van der Waals surface area contributed by atoms with Crippen LogP contribution in [-0.2, 0) is 0 Å². The van der Waals surface area contributed by atoms with Gasteiger partial charge in [-0.25, -0.2) is 4.39 Å². The molecule has 0 fully saturated rings. The number of aldehydes is 1. The van der Waals surface area contributed by atoms with Crippen LogP contribution in [0.1, 0.15) is 41.3 Å². The number of halogens is 1. The second-order valence-electron chi connectivity index (χ2n) is 5.83. The average Bonchev–Trinajstić information content (AvgIpc) is 2.93. The van der Waals surface area contributed by atoms with Crippen molar-refractivity contribution in [2.75, 3.05) is 0 Å². The van der Waals surface area contributed by atoms with E-state index in [0.717, 1.165) is 28.4 Å². The van der Waals surface area contributed by atoms with Crippen molar-refractivity contribution in [2.24, 2.45) is 0 Å². The Morgan fingerprint density at radius 1 is 1.18 bits per heavy atom. The highest BCUT2D eigenvalue weighted by Crippen LogP contribution is 2.35. The van der Waals surface area contributed by atoms with Crippen molar-refractivity contribution in [3.63, 3.8) is 0 Å². The van der Waals surface area contributed by atoms with Gasteiger partial charge in [0, 0.05) is 16.5 Å². The van der Waals surface area contributed by atoms with Crippen molar-refractivity contribution >= 4 is 17.3 Å². The molecule has 0 N–H and O–H groups in total. The fourth-order valence-electron chi connectivity index (χ4n) is 2.79. The van der Waals surface area contributed by atoms with Crippen LogP contribution < -0.4 is 0 Å². The van der Waals surface area contributed by atoms with Gasteiger partial charge in [0.15, 0.2) is 6.29 Å². The minimum Gasteiger partial charge on any atom is -0.464 e. The molecule has 0 saturated carbocycles. The first kappa shape index (κ1) is 14.5. The van der Waals surface area contributed by atoms with Crippen LogP contribution >= 0.6 is 0 Å². The SMILES string of the molecule is Cc1cc(-c2ccc3occ(C(C)C)c3c2C=O)ccc1F. The zero-order valence-electron chi connectivity index (χ0n) is 12.8. The summed E-state index contributed by atoms with van der Waals surface area (Å²) in [5.41, 5.74) is 4.51. The van der Waals surface area contributed by atoms with Crippen molar-refractivity contribution in [3.8, 4) is 11.1 Å². The van der Waals surface area contributed by atoms with E-state index in [4.69, 9.17) is 4.42 Å². The second-order valence-corrected chi connectivity index (χ2v) is 5.83. The van der Waals surface area contributed by atoms with Crippen LogP contribution in [0.2, 0.25) is 0 Å². The van der Waals surface area contributed by atoms with Crippen LogP contribution in [0.3, 0.4) is 0 Å². The van der Waals surface area contributed by atoms with Crippen molar-refractivity contribution in [1.82, 2.24) is 0 Å². The monoisotopic (exact) mass is 296 g/mol. The van der Waals surface area contributed by atoms with Gasteiger partial charge in [0.1, 0.15) is 11.4 Å². The minimum absolute atomic E-state index is 0.247. The van der Waals surface area contributed by atoms with Gasteiger partial charge in [-0.3, -0.25) is 4.79 Å². The highest BCUT2D eigenvalue weighted by molar-refractivity contribution is 6.04. The highest BCUT2D eigenvalue weighted by Gasteiger charge is 2.17. The molecule has 0 saturated heterocycles. The predicted octanol–water partition coefficient (Wildman–Crippen LogP) is 5.48. The lowest BCUT2D eigenvalue weighted by Crippen LogP contribution is -1.94. The molecule has 0 radical (unpaired) electrons. The van der Waals surface area contributed by atoms with E-state index in [1.807, 2.05) is 12.1 Å². The van der Waals surface area contributed by atoms with Gasteiger partial charge in [-0.2, -0.15) is 0 Å². The number of carbonyl (C=O) groups is 1. The summed E-state index contributed by atoms with van der Waals surface area (Å²) in [7, 11) is 0. The summed E-state index contributed by atoms with van der Waals surface area (Å²) in [4.78, 5) is 11.7. The number of hydrogen-bond donors (Lipinski definition) is 0. The van der Waals surface area contributed by atoms with Gasteiger partial charge in [-0.1, -0.05) is 19.9 Å². The van der Waals surface area contributed by atoms with Crippen molar-refractivity contribution in [3.05, 3.63) is 59.1 Å². The Labute approximate surface area is 128 Å². The number of carbonyl (C=O) groups excluding carboxylic acids is 1. The quantitative estimate of drug-likeness (QED) is 0.599. The fraction of sp³-hybridized carbons (Fsp3) is 0.211. The van der Waals surface area contributed by atoms with Crippen molar-refractivity contribution in [1.29, 1.82) is 0 Å². The summed E-state index contributed by atoms with van der Waals surface area (Å²) in [5, 5.41) is 0.851. The molecular weight excluding hydrogens is 279 g/mol. The number of fused-ring (bicyclic) bond motifs is 1. The Bertz CT molecular complexity index is 859. The van der Waals surface area contributed by atoms with Gasteiger partial charge in [0.25, 0.3) is 0 Å². The lowest BCUT2D eigenvalue weighted by Gasteiger charge is -2.10. The summed E-state index contributed by atoms with van der Waals surface area (Å²) in [6.07, 6.45) is 2.57. The molecule has 0 spiro atoms. The maximum Gasteiger partial charge on any atom is 0.151 e. The Morgan fingerprint density at radius 3 is 2.59 bits per heavy atom. The summed E-state index contributed by atoms with van der Waals surface area (Å²) >= 11 is 0. The number of benzene rings is 2. The first-order valence-corrected chi connectivity index (χ1v) is 7.28. The minimum atomic E-state index is -0.247. The number of aryl methyl sites for hydroxylation is 1. The average molecular weight is 296 g/mol. The highest BCUT2D eigenvalue weighted by atomic mass is 19.1. The second kappa shape index (κ2) is 5.41. The third-order valence-electron chi connectivity index (χ3n) is 4.02. The summed E-state index contributed by atoms with van der Waals surface area (Å²) < 4.78 is 19.1. The molecule has 3 heteroatoms. The lowest BCUT2D eigenvalue weighted by atomic mass is 9.92. The molecule has 0 amide bonds. The molecule has 3 aromatic rings. The van der Waals surface area contributed by atoms with Crippen molar-refractivity contribution < 1.29 is 13.6 Å². The molecule has 3 rings (SSSR count). The van der Waals surface area contributed by atoms with Gasteiger partial charge >= 0.3 is 0 Å². The summed E-state index contributed by atoms with van der Waals surface area (Å²) in [6, 6.07) is 8.61. The molecule has 0 unspecified atom stereocenters. The zero-order chi connectivity index (χ0) is 15.9. The molecule has 0 aliphatic carbocycles. The Morgan fingerprint density at radius 2 is 1.95 bits per heavy atom. The third-order valence-corrected chi connectivity index (χ3v) is 4.02. The van der Waals surface area contributed by atoms with E-state index >= 15 is 0 Å². The summed E-state index contributed by atoms with van der Waals surface area (Å²) in [5.74, 6) is 0.00816. The molecule has 22 heavy (non-hydrogen) atoms. The van der Waals surface area contributed by atoms with Crippen LogP contribution in [0, 0.1) is 12.7 Å². The zero-order valence-corrected chi connectivity index (χ0v) is 12.8. The molecule has 0 bridgehead atoms. The van der Waals surface area contributed by atoms with E-state index in [-0.39, 0.29) is 11.7 Å². The maximum atomic E-state index is 13.5. The number of hydrogen-bond acceptors (Lipinski definition) is 2. The Balaban J connectivity index is 2.32. The molecule has 1 heterocycles. The van der Waals surface area contributed by atoms with Crippen LogP contribution in [-0.4, -0.2) is 6.29 Å². The van der Waals surface area contributed by atoms with E-state index in [0.29, 0.717) is 16.7 Å². The third kappa shape index (κ3) is 2.23. The van der Waals surface area contributed by atoms with Gasteiger partial charge in [-0.15, -0.1) is 0 Å². The number of rotatable bonds is 3. The molecule has 1 aromatic heterocycles. The van der Waals surface area contributed by atoms with Gasteiger partial charge < -0.3 is 4.42 Å². The van der Waals surface area contributed by atoms with Gasteiger partial charge in [0.05, 0.1) is 6.26 Å². The first-order chi connectivity index (χ1) is 10.5. The molecule has 0 aliphatic heterocycles. The molecule has 0 aliphatic rings. The van der Waals surface area contributed by atoms with E-state index in [2.05, 4.69) is 13.8 Å². The predicted molar refractivity (Wildman–Crippen MR) is 85.8 cm³/mol. The van der Waals surface area contributed by atoms with Crippen LogP contribution in [0.15, 0.2) is 41.0 Å². The van der Waals surface area contributed by atoms with Crippen molar-refractivity contribution in [2.45, 2.75) is 26.7 Å². The van der Waals surface area contributed by atoms with E-state index in [1.165, 1.54) is 6.07 Å². The van der Waals surface area contributed by atoms with E-state index < -0.39 is 0 Å². The van der Waals surface area contributed by atoms with Gasteiger partial charge in [-0.05, 0) is 53.8 Å². The molecule has 0 atom stereocenters. The fourth-order valence-corrected chi connectivity index (χ4v) is 2.79. The van der Waals surface area contributed by atoms with Gasteiger partial charge in [0.2, 0.25) is 0 Å². The normalized spacial score (nSPS) is 11.3. The summed E-state index contributed by atoms with van der Waals surface area (Å²) in [6.45, 7) is 5.84. The molecular formula is C19H17FO2. The molecule has 2 aromatic carbocycles. The van der Waals surface area contributed by atoms with E-state index in [9.17, 15) is 9.18 Å².